The van der Waals surface area contributed by atoms with Crippen LogP contribution in [0.3, 0.4) is 0 Å². The van der Waals surface area contributed by atoms with Gasteiger partial charge in [0.05, 0.1) is 16.2 Å². The molecule has 222 valence electrons. The Bertz CT molecular complexity index is 1740. The summed E-state index contributed by atoms with van der Waals surface area (Å²) in [6.45, 7) is -0.620. The number of hydrogen-bond donors (Lipinski definition) is 3. The fourth-order valence-electron chi connectivity index (χ4n) is 4.98. The van der Waals surface area contributed by atoms with Crippen molar-refractivity contribution in [1.82, 2.24) is 10.2 Å². The van der Waals surface area contributed by atoms with Crippen molar-refractivity contribution in [3.63, 3.8) is 0 Å². The fourth-order valence-corrected chi connectivity index (χ4v) is 5.50. The van der Waals surface area contributed by atoms with Crippen LogP contribution in [0.1, 0.15) is 22.3 Å². The summed E-state index contributed by atoms with van der Waals surface area (Å²) in [5.74, 6) is -1.47. The number of rotatable bonds is 9. The van der Waals surface area contributed by atoms with Gasteiger partial charge in [-0.2, -0.15) is 0 Å². The molecule has 0 bridgehead atoms. The van der Waals surface area contributed by atoms with E-state index in [1.54, 1.807) is 42.5 Å². The third-order valence-corrected chi connectivity index (χ3v) is 8.04. The van der Waals surface area contributed by atoms with E-state index in [1.807, 2.05) is 12.1 Å². The summed E-state index contributed by atoms with van der Waals surface area (Å²) in [6, 6.07) is 20.0. The van der Waals surface area contributed by atoms with E-state index < -0.39 is 41.5 Å². The molecule has 3 N–H and O–H groups in total. The molecule has 3 atom stereocenters. The summed E-state index contributed by atoms with van der Waals surface area (Å²) in [7, 11) is 0. The largest absolute Gasteiger partial charge is 0.482 e. The second kappa shape index (κ2) is 13.5. The number of fused-ring (bicyclic) bond motifs is 1. The standard InChI is InChI=1S/C32H28FIN2O7/c33-23-9-3-1-8-20(23)18-36(31(40)22-15-19-7-2-5-11-26(19)43-32(22)41)25-16-21(30(39)35-13-14-37)17-28(29(25)38)42-27-12-6-4-10-24(27)34/h1-12,15,17,25,28-29,37-38H,13-14,16,18H2,(H,35,39). The Morgan fingerprint density at radius 1 is 1.07 bits per heavy atom. The first-order valence-electron chi connectivity index (χ1n) is 13.5. The number of hydrogen-bond acceptors (Lipinski definition) is 7. The van der Waals surface area contributed by atoms with Crippen LogP contribution in [0.2, 0.25) is 0 Å². The average molecular weight is 698 g/mol. The summed E-state index contributed by atoms with van der Waals surface area (Å²) in [5.41, 5.74) is -0.575. The number of para-hydroxylation sites is 2. The zero-order valence-corrected chi connectivity index (χ0v) is 24.9. The molecule has 0 saturated heterocycles. The molecule has 1 heterocycles. The van der Waals surface area contributed by atoms with E-state index in [1.165, 1.54) is 35.2 Å². The molecule has 3 unspecified atom stereocenters. The first-order valence-corrected chi connectivity index (χ1v) is 14.6. The van der Waals surface area contributed by atoms with Crippen LogP contribution >= 0.6 is 22.6 Å². The first-order chi connectivity index (χ1) is 20.8. The highest BCUT2D eigenvalue weighted by atomic mass is 127. The van der Waals surface area contributed by atoms with E-state index in [9.17, 15) is 29.0 Å². The molecule has 1 aliphatic rings. The number of carbonyl (C=O) groups excluding carboxylic acids is 2. The van der Waals surface area contributed by atoms with Crippen molar-refractivity contribution < 1.29 is 33.3 Å². The van der Waals surface area contributed by atoms with Crippen molar-refractivity contribution in [2.75, 3.05) is 13.2 Å². The third kappa shape index (κ3) is 6.79. The maximum Gasteiger partial charge on any atom is 0.349 e. The Labute approximate surface area is 259 Å². The third-order valence-electron chi connectivity index (χ3n) is 7.15. The number of aliphatic hydroxyl groups excluding tert-OH is 2. The lowest BCUT2D eigenvalue weighted by molar-refractivity contribution is -0.118. The lowest BCUT2D eigenvalue weighted by Gasteiger charge is -2.40. The molecule has 1 aromatic heterocycles. The normalized spacial score (nSPS) is 18.1. The van der Waals surface area contributed by atoms with Gasteiger partial charge in [0.25, 0.3) is 5.91 Å². The monoisotopic (exact) mass is 698 g/mol. The first kappa shape index (κ1) is 30.4. The van der Waals surface area contributed by atoms with E-state index in [0.29, 0.717) is 16.7 Å². The van der Waals surface area contributed by atoms with Gasteiger partial charge in [-0.3, -0.25) is 9.59 Å². The SMILES string of the molecule is O=C(NCCO)C1=CC(Oc2ccccc2I)C(O)C(N(Cc2ccccc2F)C(=O)c2cc3ccccc3oc2=O)C1. The molecule has 11 heteroatoms. The molecule has 0 fully saturated rings. The van der Waals surface area contributed by atoms with Crippen LogP contribution in [0, 0.1) is 9.39 Å². The Morgan fingerprint density at radius 3 is 2.56 bits per heavy atom. The van der Waals surface area contributed by atoms with E-state index >= 15 is 0 Å². The average Bonchev–Trinajstić information content (AvgIpc) is 3.01. The fraction of sp³-hybridized carbons (Fsp3) is 0.219. The predicted molar refractivity (Wildman–Crippen MR) is 165 cm³/mol. The van der Waals surface area contributed by atoms with Gasteiger partial charge in [-0.25, -0.2) is 9.18 Å². The highest BCUT2D eigenvalue weighted by molar-refractivity contribution is 14.1. The highest BCUT2D eigenvalue weighted by Gasteiger charge is 2.41. The van der Waals surface area contributed by atoms with Crippen molar-refractivity contribution in [1.29, 1.82) is 0 Å². The van der Waals surface area contributed by atoms with E-state index in [2.05, 4.69) is 27.9 Å². The maximum absolute atomic E-state index is 14.9. The van der Waals surface area contributed by atoms with Gasteiger partial charge in [-0.1, -0.05) is 48.5 Å². The van der Waals surface area contributed by atoms with Crippen LogP contribution in [-0.2, 0) is 11.3 Å². The van der Waals surface area contributed by atoms with Crippen LogP contribution < -0.4 is 15.7 Å². The molecule has 0 spiro atoms. The summed E-state index contributed by atoms with van der Waals surface area (Å²) in [4.78, 5) is 41.5. The van der Waals surface area contributed by atoms with E-state index in [4.69, 9.17) is 9.15 Å². The number of aliphatic hydroxyl groups is 2. The topological polar surface area (TPSA) is 129 Å². The lowest BCUT2D eigenvalue weighted by atomic mass is 9.87. The van der Waals surface area contributed by atoms with Crippen LogP contribution in [0.5, 0.6) is 5.75 Å². The molecule has 0 aliphatic heterocycles. The number of ether oxygens (including phenoxy) is 1. The molecule has 43 heavy (non-hydrogen) atoms. The van der Waals surface area contributed by atoms with Gasteiger partial charge in [-0.05, 0) is 59.0 Å². The van der Waals surface area contributed by atoms with Gasteiger partial charge in [0.1, 0.15) is 34.9 Å². The van der Waals surface area contributed by atoms with Crippen molar-refractivity contribution >= 4 is 45.4 Å². The van der Waals surface area contributed by atoms with Crippen molar-refractivity contribution in [3.8, 4) is 5.75 Å². The number of nitrogens with one attached hydrogen (secondary N) is 1. The molecule has 0 radical (unpaired) electrons. The van der Waals surface area contributed by atoms with Gasteiger partial charge >= 0.3 is 5.63 Å². The number of carbonyl (C=O) groups is 2. The molecule has 4 aromatic rings. The van der Waals surface area contributed by atoms with Crippen molar-refractivity contribution in [3.05, 3.63) is 121 Å². The summed E-state index contributed by atoms with van der Waals surface area (Å²) >= 11 is 2.08. The minimum Gasteiger partial charge on any atom is -0.482 e. The summed E-state index contributed by atoms with van der Waals surface area (Å²) in [5, 5.41) is 24.0. The molecule has 0 saturated carbocycles. The van der Waals surface area contributed by atoms with Crippen molar-refractivity contribution in [2.24, 2.45) is 0 Å². The molecular weight excluding hydrogens is 670 g/mol. The minimum absolute atomic E-state index is 0.0124. The van der Waals surface area contributed by atoms with E-state index in [0.717, 1.165) is 3.57 Å². The van der Waals surface area contributed by atoms with Crippen LogP contribution in [0.4, 0.5) is 4.39 Å². The lowest BCUT2D eigenvalue weighted by Crippen LogP contribution is -2.55. The van der Waals surface area contributed by atoms with Crippen LogP contribution in [0.25, 0.3) is 11.0 Å². The maximum atomic E-state index is 14.9. The second-order valence-corrected chi connectivity index (χ2v) is 11.1. The van der Waals surface area contributed by atoms with Gasteiger partial charge in [0.2, 0.25) is 5.91 Å². The molecule has 5 rings (SSSR count). The Kier molecular flexibility index (Phi) is 9.53. The summed E-state index contributed by atoms with van der Waals surface area (Å²) < 4.78 is 27.2. The van der Waals surface area contributed by atoms with Crippen LogP contribution in [-0.4, -0.2) is 58.3 Å². The smallest absolute Gasteiger partial charge is 0.349 e. The van der Waals surface area contributed by atoms with Crippen molar-refractivity contribution in [2.45, 2.75) is 31.2 Å². The highest BCUT2D eigenvalue weighted by Crippen LogP contribution is 2.31. The van der Waals surface area contributed by atoms with Crippen LogP contribution in [0.15, 0.2) is 99.7 Å². The molecular formula is C32H28FIN2O7. The minimum atomic E-state index is -1.38. The molecule has 3 aromatic carbocycles. The van der Waals surface area contributed by atoms with Gasteiger partial charge in [-0.15, -0.1) is 0 Å². The van der Waals surface area contributed by atoms with E-state index in [-0.39, 0.29) is 42.8 Å². The second-order valence-electron chi connectivity index (χ2n) is 9.96. The number of halogens is 2. The Morgan fingerprint density at radius 2 is 1.79 bits per heavy atom. The van der Waals surface area contributed by atoms with Gasteiger partial charge in [0, 0.05) is 36.0 Å². The van der Waals surface area contributed by atoms with Gasteiger partial charge in [0.15, 0.2) is 0 Å². The summed E-state index contributed by atoms with van der Waals surface area (Å²) in [6.07, 6.45) is -1.13. The number of amides is 2. The number of benzene rings is 3. The molecule has 2 amide bonds. The number of nitrogens with zero attached hydrogens (tertiary/aromatic N) is 1. The molecule has 9 nitrogen and oxygen atoms in total. The zero-order valence-electron chi connectivity index (χ0n) is 22.8. The Hall–Kier alpha value is -4.07. The molecule has 1 aliphatic carbocycles. The quantitative estimate of drug-likeness (QED) is 0.179. The zero-order chi connectivity index (χ0) is 30.5. The van der Waals surface area contributed by atoms with Gasteiger partial charge < -0.3 is 29.6 Å². The Balaban J connectivity index is 1.59. The predicted octanol–water partition coefficient (Wildman–Crippen LogP) is 3.79.